The number of hydrogen-bond acceptors (Lipinski definition) is 2. The predicted molar refractivity (Wildman–Crippen MR) is 91.6 cm³/mol. The minimum atomic E-state index is -0.105. The molecule has 2 aromatic rings. The number of carbonyl (C=O) groups is 1. The second-order valence-electron chi connectivity index (χ2n) is 5.86. The highest BCUT2D eigenvalue weighted by molar-refractivity contribution is 6.04. The molecule has 2 aromatic carbocycles. The fraction of sp³-hybridized carbons (Fsp3) is 0.222. The highest BCUT2D eigenvalue weighted by Crippen LogP contribution is 2.22. The molecule has 0 radical (unpaired) electrons. The average Bonchev–Trinajstić information content (AvgIpc) is 2.54. The minimum absolute atomic E-state index is 0.104. The van der Waals surface area contributed by atoms with Gasteiger partial charge in [0.25, 0.3) is 5.91 Å². The van der Waals surface area contributed by atoms with Gasteiger partial charge in [-0.15, -0.1) is 0 Å². The lowest BCUT2D eigenvalue weighted by Gasteiger charge is -2.29. The summed E-state index contributed by atoms with van der Waals surface area (Å²) >= 11 is 0. The van der Waals surface area contributed by atoms with Gasteiger partial charge in [0.05, 0.1) is 0 Å². The molecule has 5 heteroatoms. The first-order chi connectivity index (χ1) is 11.0. The van der Waals surface area contributed by atoms with Crippen LogP contribution in [0.3, 0.4) is 0 Å². The fourth-order valence-electron chi connectivity index (χ4n) is 2.74. The average molecular weight is 308 g/mol. The summed E-state index contributed by atoms with van der Waals surface area (Å²) in [5.74, 6) is -0.00137. The van der Waals surface area contributed by atoms with Crippen LogP contribution in [0.4, 0.5) is 5.69 Å². The number of benzene rings is 2. The van der Waals surface area contributed by atoms with E-state index in [2.05, 4.69) is 5.32 Å². The molecule has 0 aliphatic carbocycles. The van der Waals surface area contributed by atoms with E-state index in [0.717, 1.165) is 29.8 Å². The number of amides is 1. The molecule has 118 valence electrons. The Morgan fingerprint density at radius 3 is 2.61 bits per heavy atom. The van der Waals surface area contributed by atoms with Gasteiger partial charge in [-0.05, 0) is 48.7 Å². The number of carbonyl (C=O) groups excluding carboxylic acids is 1. The third-order valence-corrected chi connectivity index (χ3v) is 4.13. The molecule has 0 unspecified atom stereocenters. The fourth-order valence-corrected chi connectivity index (χ4v) is 2.74. The van der Waals surface area contributed by atoms with E-state index < -0.39 is 0 Å². The quantitative estimate of drug-likeness (QED) is 0.589. The molecule has 0 saturated heterocycles. The standard InChI is InChI=1S/C18H20N4O/c1-12-2-4-13(5-3-12)17(23)21-16-7-6-15-11-22(18(19)20)9-8-14(15)10-16/h2-7,10H,8-9,11H2,1H3,(H3,19,20)(H,21,23). The molecule has 0 bridgehead atoms. The Labute approximate surface area is 135 Å². The van der Waals surface area contributed by atoms with Crippen molar-refractivity contribution in [3.8, 4) is 0 Å². The Bertz CT molecular complexity index is 752. The maximum Gasteiger partial charge on any atom is 0.255 e. The van der Waals surface area contributed by atoms with Crippen LogP contribution in [0.5, 0.6) is 0 Å². The van der Waals surface area contributed by atoms with Crippen molar-refractivity contribution in [1.82, 2.24) is 4.90 Å². The smallest absolute Gasteiger partial charge is 0.255 e. The number of guanidine groups is 1. The zero-order valence-corrected chi connectivity index (χ0v) is 13.1. The van der Waals surface area contributed by atoms with Gasteiger partial charge in [-0.25, -0.2) is 0 Å². The number of aryl methyl sites for hydroxylation is 1. The van der Waals surface area contributed by atoms with Crippen LogP contribution in [0, 0.1) is 12.3 Å². The maximum absolute atomic E-state index is 12.3. The van der Waals surface area contributed by atoms with E-state index in [1.807, 2.05) is 54.3 Å². The van der Waals surface area contributed by atoms with Crippen molar-refractivity contribution in [3.63, 3.8) is 0 Å². The van der Waals surface area contributed by atoms with E-state index in [4.69, 9.17) is 11.1 Å². The molecule has 0 atom stereocenters. The van der Waals surface area contributed by atoms with Gasteiger partial charge in [-0.3, -0.25) is 10.2 Å². The molecule has 0 fully saturated rings. The van der Waals surface area contributed by atoms with Crippen LogP contribution in [0.2, 0.25) is 0 Å². The molecule has 5 nitrogen and oxygen atoms in total. The summed E-state index contributed by atoms with van der Waals surface area (Å²) in [6.07, 6.45) is 0.823. The SMILES string of the molecule is Cc1ccc(C(=O)Nc2ccc3c(c2)CCN(C(=N)N)C3)cc1. The number of anilines is 1. The van der Waals surface area contributed by atoms with Gasteiger partial charge >= 0.3 is 0 Å². The van der Waals surface area contributed by atoms with Crippen molar-refractivity contribution in [1.29, 1.82) is 5.41 Å². The van der Waals surface area contributed by atoms with E-state index in [1.54, 1.807) is 0 Å². The molecular formula is C18H20N4O. The molecule has 1 amide bonds. The summed E-state index contributed by atoms with van der Waals surface area (Å²) < 4.78 is 0. The zero-order chi connectivity index (χ0) is 16.4. The first-order valence-corrected chi connectivity index (χ1v) is 7.62. The van der Waals surface area contributed by atoms with Gasteiger partial charge in [0.2, 0.25) is 0 Å². The van der Waals surface area contributed by atoms with Gasteiger partial charge in [0, 0.05) is 24.3 Å². The number of nitrogens with zero attached hydrogens (tertiary/aromatic N) is 1. The van der Waals surface area contributed by atoms with Gasteiger partial charge in [0.15, 0.2) is 5.96 Å². The summed E-state index contributed by atoms with van der Waals surface area (Å²) in [6, 6.07) is 13.4. The number of nitrogens with one attached hydrogen (secondary N) is 2. The predicted octanol–water partition coefficient (Wildman–Crippen LogP) is 2.50. The summed E-state index contributed by atoms with van der Waals surface area (Å²) in [6.45, 7) is 3.38. The number of fused-ring (bicyclic) bond motifs is 1. The Balaban J connectivity index is 1.74. The normalized spacial score (nSPS) is 13.3. The van der Waals surface area contributed by atoms with Crippen LogP contribution >= 0.6 is 0 Å². The van der Waals surface area contributed by atoms with Crippen molar-refractivity contribution in [2.24, 2.45) is 5.73 Å². The molecular weight excluding hydrogens is 288 g/mol. The Morgan fingerprint density at radius 1 is 1.17 bits per heavy atom. The lowest BCUT2D eigenvalue weighted by Crippen LogP contribution is -2.40. The van der Waals surface area contributed by atoms with Crippen molar-refractivity contribution < 1.29 is 4.79 Å². The molecule has 1 heterocycles. The lowest BCUT2D eigenvalue weighted by molar-refractivity contribution is 0.102. The van der Waals surface area contributed by atoms with Crippen LogP contribution in [0.1, 0.15) is 27.0 Å². The topological polar surface area (TPSA) is 82.2 Å². The van der Waals surface area contributed by atoms with E-state index >= 15 is 0 Å². The minimum Gasteiger partial charge on any atom is -0.370 e. The molecule has 3 rings (SSSR count). The molecule has 0 aromatic heterocycles. The van der Waals surface area contributed by atoms with E-state index in [9.17, 15) is 4.79 Å². The van der Waals surface area contributed by atoms with Crippen LogP contribution < -0.4 is 11.1 Å². The Hall–Kier alpha value is -2.82. The lowest BCUT2D eigenvalue weighted by atomic mass is 9.99. The highest BCUT2D eigenvalue weighted by atomic mass is 16.1. The summed E-state index contributed by atoms with van der Waals surface area (Å²) in [5, 5.41) is 10.5. The van der Waals surface area contributed by atoms with Crippen molar-refractivity contribution in [2.45, 2.75) is 19.9 Å². The van der Waals surface area contributed by atoms with Gasteiger partial charge in [-0.1, -0.05) is 23.8 Å². The van der Waals surface area contributed by atoms with E-state index in [1.165, 1.54) is 5.56 Å². The first kappa shape index (κ1) is 15.1. The molecule has 1 aliphatic heterocycles. The first-order valence-electron chi connectivity index (χ1n) is 7.62. The number of nitrogens with two attached hydrogens (primary N) is 1. The second-order valence-corrected chi connectivity index (χ2v) is 5.86. The Kier molecular flexibility index (Phi) is 4.02. The third-order valence-electron chi connectivity index (χ3n) is 4.13. The van der Waals surface area contributed by atoms with Gasteiger partial charge in [-0.2, -0.15) is 0 Å². The van der Waals surface area contributed by atoms with Crippen molar-refractivity contribution in [3.05, 3.63) is 64.7 Å². The van der Waals surface area contributed by atoms with E-state index in [0.29, 0.717) is 12.1 Å². The zero-order valence-electron chi connectivity index (χ0n) is 13.1. The molecule has 4 N–H and O–H groups in total. The molecule has 0 spiro atoms. The number of hydrogen-bond donors (Lipinski definition) is 3. The number of rotatable bonds is 2. The van der Waals surface area contributed by atoms with Crippen LogP contribution in [0.25, 0.3) is 0 Å². The van der Waals surface area contributed by atoms with Crippen LogP contribution in [-0.4, -0.2) is 23.3 Å². The third kappa shape index (κ3) is 3.34. The van der Waals surface area contributed by atoms with Crippen molar-refractivity contribution >= 4 is 17.6 Å². The highest BCUT2D eigenvalue weighted by Gasteiger charge is 2.17. The van der Waals surface area contributed by atoms with Gasteiger partial charge in [0.1, 0.15) is 0 Å². The van der Waals surface area contributed by atoms with E-state index in [-0.39, 0.29) is 11.9 Å². The largest absolute Gasteiger partial charge is 0.370 e. The van der Waals surface area contributed by atoms with Crippen LogP contribution in [-0.2, 0) is 13.0 Å². The molecule has 23 heavy (non-hydrogen) atoms. The van der Waals surface area contributed by atoms with Gasteiger partial charge < -0.3 is 16.0 Å². The maximum atomic E-state index is 12.3. The van der Waals surface area contributed by atoms with Crippen LogP contribution in [0.15, 0.2) is 42.5 Å². The molecule has 1 aliphatic rings. The summed E-state index contributed by atoms with van der Waals surface area (Å²) in [7, 11) is 0. The summed E-state index contributed by atoms with van der Waals surface area (Å²) in [5.41, 5.74) is 10.5. The second kappa shape index (κ2) is 6.12. The summed E-state index contributed by atoms with van der Waals surface area (Å²) in [4.78, 5) is 14.1. The Morgan fingerprint density at radius 2 is 1.91 bits per heavy atom. The molecule has 0 saturated carbocycles. The monoisotopic (exact) mass is 308 g/mol. The van der Waals surface area contributed by atoms with Crippen molar-refractivity contribution in [2.75, 3.05) is 11.9 Å².